The highest BCUT2D eigenvalue weighted by Gasteiger charge is 2.36. The zero-order valence-electron chi connectivity index (χ0n) is 13.8. The zero-order valence-corrected chi connectivity index (χ0v) is 13.8. The summed E-state index contributed by atoms with van der Waals surface area (Å²) in [4.78, 5) is 41.5. The number of methoxy groups -OCH3 is 1. The molecule has 2 amide bonds. The number of amides is 2. The highest BCUT2D eigenvalue weighted by molar-refractivity contribution is 6.20. The van der Waals surface area contributed by atoms with Gasteiger partial charge in [0.1, 0.15) is 12.2 Å². The van der Waals surface area contributed by atoms with E-state index in [9.17, 15) is 19.5 Å². The summed E-state index contributed by atoms with van der Waals surface area (Å²) in [6.45, 7) is -0.157. The van der Waals surface area contributed by atoms with Crippen molar-refractivity contribution in [2.75, 3.05) is 7.11 Å². The number of aliphatic carboxylic acids is 1. The summed E-state index contributed by atoms with van der Waals surface area (Å²) in [5.41, 5.74) is 1.36. The predicted molar refractivity (Wildman–Crippen MR) is 90.8 cm³/mol. The minimum absolute atomic E-state index is 0.0611. The maximum atomic E-state index is 12.3. The second kappa shape index (κ2) is 7.20. The second-order valence-electron chi connectivity index (χ2n) is 5.45. The van der Waals surface area contributed by atoms with Gasteiger partial charge in [-0.3, -0.25) is 14.4 Å². The van der Waals surface area contributed by atoms with Crippen LogP contribution in [0.25, 0.3) is 5.57 Å². The lowest BCUT2D eigenvalue weighted by molar-refractivity contribution is -0.130. The van der Waals surface area contributed by atoms with Gasteiger partial charge in [0.05, 0.1) is 24.5 Å². The van der Waals surface area contributed by atoms with E-state index in [1.807, 2.05) is 0 Å². The minimum Gasteiger partial charge on any atom is -0.503 e. The Bertz CT molecular complexity index is 883. The molecule has 0 spiro atoms. The number of ether oxygens (including phenoxy) is 1. The number of nitrogens with zero attached hydrogens (tertiary/aromatic N) is 1. The number of carboxylic acid groups (broad SMARTS) is 1. The van der Waals surface area contributed by atoms with Crippen LogP contribution >= 0.6 is 0 Å². The van der Waals surface area contributed by atoms with Crippen LogP contribution in [0.2, 0.25) is 0 Å². The van der Waals surface area contributed by atoms with Gasteiger partial charge in [0.2, 0.25) is 0 Å². The number of hydroxylamine groups is 2. The molecule has 7 heteroatoms. The molecule has 2 aromatic rings. The number of carbonyl (C=O) groups excluding carboxylic acids is 2. The van der Waals surface area contributed by atoms with Crippen molar-refractivity contribution in [2.45, 2.75) is 6.61 Å². The van der Waals surface area contributed by atoms with Crippen molar-refractivity contribution in [3.05, 3.63) is 77.0 Å². The summed E-state index contributed by atoms with van der Waals surface area (Å²) in [6, 6.07) is 13.1. The van der Waals surface area contributed by atoms with Gasteiger partial charge >= 0.3 is 5.97 Å². The van der Waals surface area contributed by atoms with Crippen molar-refractivity contribution in [3.8, 4) is 0 Å². The molecule has 7 nitrogen and oxygen atoms in total. The fourth-order valence-corrected chi connectivity index (χ4v) is 2.67. The summed E-state index contributed by atoms with van der Waals surface area (Å²) in [7, 11) is 1.35. The lowest BCUT2D eigenvalue weighted by atomic mass is 10.0. The Balaban J connectivity index is 1.84. The molecule has 0 bridgehead atoms. The molecular weight excluding hydrogens is 338 g/mol. The third-order valence-corrected chi connectivity index (χ3v) is 3.88. The monoisotopic (exact) mass is 353 g/mol. The SMILES string of the molecule is CO/C=C(/C(=O)O)c1ccccc1CON1C(=O)c2ccccc2C1=O. The summed E-state index contributed by atoms with van der Waals surface area (Å²) in [5, 5.41) is 10.1. The van der Waals surface area contributed by atoms with E-state index >= 15 is 0 Å². The molecule has 0 aromatic heterocycles. The summed E-state index contributed by atoms with van der Waals surface area (Å²) in [5.74, 6) is -2.26. The van der Waals surface area contributed by atoms with Crippen LogP contribution in [-0.4, -0.2) is 35.1 Å². The molecule has 0 radical (unpaired) electrons. The standard InChI is InChI=1S/C19H15NO6/c1-25-11-16(19(23)24)13-7-3-2-6-12(13)10-26-20-17(21)14-8-4-5-9-15(14)18(20)22/h2-9,11H,10H2,1H3,(H,23,24)/b16-11+. The van der Waals surface area contributed by atoms with Crippen molar-refractivity contribution in [1.29, 1.82) is 0 Å². The third-order valence-electron chi connectivity index (χ3n) is 3.88. The van der Waals surface area contributed by atoms with Gasteiger partial charge in [-0.1, -0.05) is 36.4 Å². The summed E-state index contributed by atoms with van der Waals surface area (Å²) in [6.07, 6.45) is 1.11. The first kappa shape index (κ1) is 17.4. The molecule has 1 heterocycles. The van der Waals surface area contributed by atoms with Crippen molar-refractivity contribution in [1.82, 2.24) is 5.06 Å². The van der Waals surface area contributed by atoms with Crippen molar-refractivity contribution in [2.24, 2.45) is 0 Å². The number of hydrogen-bond donors (Lipinski definition) is 1. The molecule has 1 aliphatic heterocycles. The summed E-state index contributed by atoms with van der Waals surface area (Å²) >= 11 is 0. The largest absolute Gasteiger partial charge is 0.503 e. The molecule has 3 rings (SSSR count). The Morgan fingerprint density at radius 2 is 1.62 bits per heavy atom. The number of benzene rings is 2. The van der Waals surface area contributed by atoms with Gasteiger partial charge in [-0.05, 0) is 23.3 Å². The molecule has 0 unspecified atom stereocenters. The molecule has 0 saturated carbocycles. The second-order valence-corrected chi connectivity index (χ2v) is 5.45. The zero-order chi connectivity index (χ0) is 18.7. The first-order chi connectivity index (χ1) is 12.5. The normalized spacial score (nSPS) is 13.7. The van der Waals surface area contributed by atoms with Gasteiger partial charge in [0.25, 0.3) is 11.8 Å². The van der Waals surface area contributed by atoms with Crippen molar-refractivity contribution in [3.63, 3.8) is 0 Å². The van der Waals surface area contributed by atoms with E-state index in [-0.39, 0.29) is 23.3 Å². The van der Waals surface area contributed by atoms with Crippen LogP contribution < -0.4 is 0 Å². The van der Waals surface area contributed by atoms with E-state index in [0.717, 1.165) is 6.26 Å². The molecule has 0 atom stereocenters. The van der Waals surface area contributed by atoms with E-state index in [4.69, 9.17) is 9.57 Å². The van der Waals surface area contributed by atoms with Crippen LogP contribution in [0.3, 0.4) is 0 Å². The summed E-state index contributed by atoms with van der Waals surface area (Å²) < 4.78 is 4.83. The maximum Gasteiger partial charge on any atom is 0.339 e. The Hall–Kier alpha value is -3.45. The molecule has 1 aliphatic rings. The number of imide groups is 1. The van der Waals surface area contributed by atoms with Gasteiger partial charge < -0.3 is 9.84 Å². The van der Waals surface area contributed by atoms with Gasteiger partial charge in [0.15, 0.2) is 0 Å². The van der Waals surface area contributed by atoms with Gasteiger partial charge in [0, 0.05) is 0 Å². The van der Waals surface area contributed by atoms with E-state index in [1.165, 1.54) is 7.11 Å². The number of carboxylic acids is 1. The van der Waals surface area contributed by atoms with Crippen LogP contribution in [0.5, 0.6) is 0 Å². The number of hydrogen-bond acceptors (Lipinski definition) is 5. The van der Waals surface area contributed by atoms with Crippen molar-refractivity contribution >= 4 is 23.4 Å². The first-order valence-corrected chi connectivity index (χ1v) is 7.70. The molecule has 2 aromatic carbocycles. The predicted octanol–water partition coefficient (Wildman–Crippen LogP) is 2.49. The van der Waals surface area contributed by atoms with Gasteiger partial charge in [-0.25, -0.2) is 4.79 Å². The Kier molecular flexibility index (Phi) is 4.81. The molecule has 1 N–H and O–H groups in total. The number of fused-ring (bicyclic) bond motifs is 1. The number of rotatable bonds is 6. The highest BCUT2D eigenvalue weighted by Crippen LogP contribution is 2.25. The smallest absolute Gasteiger partial charge is 0.339 e. The van der Waals surface area contributed by atoms with Crippen LogP contribution in [0.1, 0.15) is 31.8 Å². The topological polar surface area (TPSA) is 93.1 Å². The van der Waals surface area contributed by atoms with E-state index in [2.05, 4.69) is 0 Å². The van der Waals surface area contributed by atoms with Crippen LogP contribution in [0, 0.1) is 0 Å². The average Bonchev–Trinajstić information content (AvgIpc) is 2.89. The van der Waals surface area contributed by atoms with Crippen LogP contribution in [-0.2, 0) is 21.0 Å². The fraction of sp³-hybridized carbons (Fsp3) is 0.105. The number of carbonyl (C=O) groups is 3. The third kappa shape index (κ3) is 3.07. The highest BCUT2D eigenvalue weighted by atomic mass is 16.7. The lowest BCUT2D eigenvalue weighted by Crippen LogP contribution is -2.29. The molecule has 0 fully saturated rings. The van der Waals surface area contributed by atoms with Crippen molar-refractivity contribution < 1.29 is 29.1 Å². The van der Waals surface area contributed by atoms with Gasteiger partial charge in [-0.15, -0.1) is 5.06 Å². The Morgan fingerprint density at radius 3 is 2.19 bits per heavy atom. The van der Waals surface area contributed by atoms with Crippen LogP contribution in [0.4, 0.5) is 0 Å². The maximum absolute atomic E-state index is 12.3. The molecule has 132 valence electrons. The lowest BCUT2D eigenvalue weighted by Gasteiger charge is -2.15. The molecule has 26 heavy (non-hydrogen) atoms. The van der Waals surface area contributed by atoms with E-state index in [0.29, 0.717) is 16.2 Å². The average molecular weight is 353 g/mol. The van der Waals surface area contributed by atoms with Gasteiger partial charge in [-0.2, -0.15) is 0 Å². The molecule has 0 saturated heterocycles. The Morgan fingerprint density at radius 1 is 1.04 bits per heavy atom. The van der Waals surface area contributed by atoms with E-state index < -0.39 is 17.8 Å². The quantitative estimate of drug-likeness (QED) is 0.487. The first-order valence-electron chi connectivity index (χ1n) is 7.70. The fourth-order valence-electron chi connectivity index (χ4n) is 2.67. The molecular formula is C19H15NO6. The Labute approximate surface area is 149 Å². The van der Waals surface area contributed by atoms with E-state index in [1.54, 1.807) is 48.5 Å². The van der Waals surface area contributed by atoms with Crippen LogP contribution in [0.15, 0.2) is 54.8 Å². The minimum atomic E-state index is -1.17. The molecule has 0 aliphatic carbocycles.